The number of nitrogens with zero attached hydrogens (tertiary/aromatic N) is 3. The molecule has 0 radical (unpaired) electrons. The monoisotopic (exact) mass is 565 g/mol. The highest BCUT2D eigenvalue weighted by Gasteiger charge is 2.32. The van der Waals surface area contributed by atoms with Crippen LogP contribution in [0.4, 0.5) is 0 Å². The van der Waals surface area contributed by atoms with Gasteiger partial charge in [-0.1, -0.05) is 57.2 Å². The standard InChI is InChI=1S/C29H37N3OS.C2H2O4/c1-20-26(22-10-12-24(13-11-22)34-29(2,3)4)30-28-27(33-23-15-17-31(5)18-16-23)25-9-7-6-8-21(25)14-19-32(20)28;3-1(4)2(5)6/h6-13,23,27H,14-19H2,1-5H3;(H,3,4)(H,5,6). The molecule has 2 aromatic carbocycles. The third-order valence-corrected chi connectivity index (χ3v) is 8.28. The van der Waals surface area contributed by atoms with E-state index in [2.05, 4.69) is 92.7 Å². The fourth-order valence-corrected chi connectivity index (χ4v) is 6.16. The summed E-state index contributed by atoms with van der Waals surface area (Å²) >= 11 is 1.90. The summed E-state index contributed by atoms with van der Waals surface area (Å²) in [5.74, 6) is -2.59. The largest absolute Gasteiger partial charge is 0.473 e. The second-order valence-corrected chi connectivity index (χ2v) is 13.3. The molecule has 1 atom stereocenters. The van der Waals surface area contributed by atoms with Gasteiger partial charge in [0.25, 0.3) is 0 Å². The number of rotatable bonds is 4. The molecule has 40 heavy (non-hydrogen) atoms. The number of imidazole rings is 1. The first-order chi connectivity index (χ1) is 18.9. The molecule has 1 aromatic heterocycles. The van der Waals surface area contributed by atoms with Gasteiger partial charge in [0.05, 0.1) is 11.8 Å². The quantitative estimate of drug-likeness (QED) is 0.308. The number of aliphatic carboxylic acids is 2. The number of fused-ring (bicyclic) bond motifs is 2. The zero-order chi connectivity index (χ0) is 29.0. The molecule has 1 saturated heterocycles. The van der Waals surface area contributed by atoms with Crippen LogP contribution >= 0.6 is 11.8 Å². The van der Waals surface area contributed by atoms with Crippen LogP contribution in [0.15, 0.2) is 53.4 Å². The zero-order valence-electron chi connectivity index (χ0n) is 23.9. The number of likely N-dealkylation sites (tertiary alicyclic amines) is 1. The normalized spacial score (nSPS) is 17.7. The summed E-state index contributed by atoms with van der Waals surface area (Å²) in [6.07, 6.45) is 3.32. The molecule has 1 unspecified atom stereocenters. The molecule has 2 N–H and O–H groups in total. The molecule has 214 valence electrons. The van der Waals surface area contributed by atoms with Crippen LogP contribution in [0.2, 0.25) is 0 Å². The predicted octanol–water partition coefficient (Wildman–Crippen LogP) is 5.66. The molecule has 3 heterocycles. The lowest BCUT2D eigenvalue weighted by molar-refractivity contribution is -0.159. The maximum Gasteiger partial charge on any atom is 0.414 e. The average Bonchev–Trinajstić information content (AvgIpc) is 3.14. The van der Waals surface area contributed by atoms with Crippen LogP contribution in [0.1, 0.15) is 62.4 Å². The number of thioether (sulfide) groups is 1. The van der Waals surface area contributed by atoms with Crippen molar-refractivity contribution in [3.05, 3.63) is 71.2 Å². The third-order valence-electron chi connectivity index (χ3n) is 7.16. The van der Waals surface area contributed by atoms with Gasteiger partial charge in [0.15, 0.2) is 0 Å². The van der Waals surface area contributed by atoms with Crippen LogP contribution in [0.25, 0.3) is 11.3 Å². The van der Waals surface area contributed by atoms with Crippen molar-refractivity contribution in [2.75, 3.05) is 20.1 Å². The van der Waals surface area contributed by atoms with E-state index in [1.54, 1.807) is 0 Å². The van der Waals surface area contributed by atoms with Gasteiger partial charge in [-0.25, -0.2) is 14.6 Å². The first-order valence-corrected chi connectivity index (χ1v) is 14.5. The van der Waals surface area contributed by atoms with Gasteiger partial charge >= 0.3 is 11.9 Å². The Hall–Kier alpha value is -3.14. The summed E-state index contributed by atoms with van der Waals surface area (Å²) in [5, 5.41) is 14.8. The zero-order valence-corrected chi connectivity index (χ0v) is 24.7. The molecular formula is C31H39N3O5S. The molecule has 0 saturated carbocycles. The molecule has 0 bridgehead atoms. The molecule has 8 nitrogen and oxygen atoms in total. The van der Waals surface area contributed by atoms with Gasteiger partial charge in [-0.15, -0.1) is 11.8 Å². The number of aromatic nitrogens is 2. The highest BCUT2D eigenvalue weighted by atomic mass is 32.2. The van der Waals surface area contributed by atoms with E-state index in [-0.39, 0.29) is 17.0 Å². The first kappa shape index (κ1) is 29.8. The van der Waals surface area contributed by atoms with Gasteiger partial charge in [-0.3, -0.25) is 0 Å². The van der Waals surface area contributed by atoms with Crippen molar-refractivity contribution in [2.24, 2.45) is 0 Å². The first-order valence-electron chi connectivity index (χ1n) is 13.7. The van der Waals surface area contributed by atoms with Gasteiger partial charge < -0.3 is 24.4 Å². The Kier molecular flexibility index (Phi) is 9.38. The number of carbonyl (C=O) groups is 2. The van der Waals surface area contributed by atoms with Crippen LogP contribution in [-0.4, -0.2) is 67.6 Å². The van der Waals surface area contributed by atoms with Crippen molar-refractivity contribution in [1.82, 2.24) is 14.5 Å². The van der Waals surface area contributed by atoms with E-state index in [4.69, 9.17) is 29.5 Å². The summed E-state index contributed by atoms with van der Waals surface area (Å²) < 4.78 is 9.49. The molecule has 5 rings (SSSR count). The Labute approximate surface area is 240 Å². The minimum Gasteiger partial charge on any atom is -0.473 e. The topological polar surface area (TPSA) is 105 Å². The number of carboxylic acid groups (broad SMARTS) is 2. The van der Waals surface area contributed by atoms with E-state index in [9.17, 15) is 0 Å². The number of piperidine rings is 1. The average molecular weight is 566 g/mol. The predicted molar refractivity (Wildman–Crippen MR) is 157 cm³/mol. The SMILES string of the molecule is Cc1c(-c2ccc(SC(C)(C)C)cc2)nc2n1CCc1ccccc1C2OC1CCN(C)CC1.O=C(O)C(=O)O. The van der Waals surface area contributed by atoms with Crippen molar-refractivity contribution >= 4 is 23.7 Å². The second kappa shape index (κ2) is 12.6. The number of hydrogen-bond acceptors (Lipinski definition) is 6. The molecule has 0 aliphatic carbocycles. The number of aryl methyl sites for hydroxylation is 1. The fraction of sp³-hybridized carbons (Fsp3) is 0.452. The Balaban J connectivity index is 0.000000557. The maximum absolute atomic E-state index is 9.10. The van der Waals surface area contributed by atoms with Crippen molar-refractivity contribution in [2.45, 2.75) is 75.4 Å². The van der Waals surface area contributed by atoms with Crippen LogP contribution in [0.3, 0.4) is 0 Å². The Morgan fingerprint density at radius 3 is 2.20 bits per heavy atom. The van der Waals surface area contributed by atoms with Crippen molar-refractivity contribution < 1.29 is 24.5 Å². The molecular weight excluding hydrogens is 526 g/mol. The minimum atomic E-state index is -1.82. The fourth-order valence-electron chi connectivity index (χ4n) is 5.18. The minimum absolute atomic E-state index is 0.115. The molecule has 2 aliphatic heterocycles. The van der Waals surface area contributed by atoms with Gasteiger partial charge in [0, 0.05) is 40.5 Å². The van der Waals surface area contributed by atoms with Crippen LogP contribution in [-0.2, 0) is 27.3 Å². The highest BCUT2D eigenvalue weighted by molar-refractivity contribution is 8.00. The Bertz CT molecular complexity index is 1330. The third kappa shape index (κ3) is 7.33. The number of hydrogen-bond donors (Lipinski definition) is 2. The second-order valence-electron chi connectivity index (χ2n) is 11.4. The van der Waals surface area contributed by atoms with Crippen LogP contribution in [0.5, 0.6) is 0 Å². The number of carboxylic acids is 2. The Morgan fingerprint density at radius 1 is 0.975 bits per heavy atom. The van der Waals surface area contributed by atoms with Crippen LogP contribution < -0.4 is 0 Å². The van der Waals surface area contributed by atoms with E-state index in [0.29, 0.717) is 0 Å². The van der Waals surface area contributed by atoms with Gasteiger partial charge in [0.1, 0.15) is 11.9 Å². The lowest BCUT2D eigenvalue weighted by Crippen LogP contribution is -2.35. The van der Waals surface area contributed by atoms with Crippen molar-refractivity contribution in [3.63, 3.8) is 0 Å². The summed E-state index contributed by atoms with van der Waals surface area (Å²) in [6.45, 7) is 12.1. The summed E-state index contributed by atoms with van der Waals surface area (Å²) in [7, 11) is 2.20. The van der Waals surface area contributed by atoms with Gasteiger partial charge in [0.2, 0.25) is 0 Å². The van der Waals surface area contributed by atoms with Crippen molar-refractivity contribution in [1.29, 1.82) is 0 Å². The summed E-state index contributed by atoms with van der Waals surface area (Å²) in [4.78, 5) is 27.2. The molecule has 2 aliphatic rings. The van der Waals surface area contributed by atoms with E-state index >= 15 is 0 Å². The number of ether oxygens (including phenoxy) is 1. The van der Waals surface area contributed by atoms with E-state index in [0.717, 1.165) is 50.4 Å². The number of benzene rings is 2. The smallest absolute Gasteiger partial charge is 0.414 e. The van der Waals surface area contributed by atoms with Gasteiger partial charge in [-0.2, -0.15) is 0 Å². The lowest BCUT2D eigenvalue weighted by atomic mass is 10.00. The lowest BCUT2D eigenvalue weighted by Gasteiger charge is -2.32. The maximum atomic E-state index is 9.10. The Morgan fingerprint density at radius 2 is 1.60 bits per heavy atom. The van der Waals surface area contributed by atoms with E-state index in [1.165, 1.54) is 27.3 Å². The molecule has 1 fully saturated rings. The van der Waals surface area contributed by atoms with E-state index < -0.39 is 11.9 Å². The van der Waals surface area contributed by atoms with Crippen LogP contribution in [0, 0.1) is 6.92 Å². The summed E-state index contributed by atoms with van der Waals surface area (Å²) in [6, 6.07) is 17.7. The van der Waals surface area contributed by atoms with E-state index in [1.807, 2.05) is 11.8 Å². The van der Waals surface area contributed by atoms with Crippen molar-refractivity contribution in [3.8, 4) is 11.3 Å². The molecule has 3 aromatic rings. The van der Waals surface area contributed by atoms with Gasteiger partial charge in [-0.05, 0) is 56.5 Å². The molecule has 0 spiro atoms. The summed E-state index contributed by atoms with van der Waals surface area (Å²) in [5.41, 5.74) is 6.17. The highest BCUT2D eigenvalue weighted by Crippen LogP contribution is 2.38. The molecule has 9 heteroatoms. The molecule has 0 amide bonds.